The van der Waals surface area contributed by atoms with E-state index in [1.54, 1.807) is 18.2 Å². The van der Waals surface area contributed by atoms with Gasteiger partial charge in [-0.15, -0.1) is 0 Å². The van der Waals surface area contributed by atoms with Crippen molar-refractivity contribution in [1.29, 1.82) is 0 Å². The summed E-state index contributed by atoms with van der Waals surface area (Å²) in [7, 11) is 0. The minimum atomic E-state index is -0.486. The molecule has 0 fully saturated rings. The number of nitrogens with one attached hydrogen (secondary N) is 1. The van der Waals surface area contributed by atoms with Crippen LogP contribution in [0.4, 0.5) is 5.69 Å². The van der Waals surface area contributed by atoms with Crippen molar-refractivity contribution in [2.24, 2.45) is 0 Å². The molecule has 26 heavy (non-hydrogen) atoms. The lowest BCUT2D eigenvalue weighted by molar-refractivity contribution is -0.385. The van der Waals surface area contributed by atoms with Gasteiger partial charge in [-0.05, 0) is 36.6 Å². The van der Waals surface area contributed by atoms with Gasteiger partial charge in [0.05, 0.1) is 17.6 Å². The summed E-state index contributed by atoms with van der Waals surface area (Å²) in [5.74, 6) is -0.0357. The summed E-state index contributed by atoms with van der Waals surface area (Å²) in [6.07, 6.45) is 3.67. The van der Waals surface area contributed by atoms with Gasteiger partial charge < -0.3 is 10.1 Å². The van der Waals surface area contributed by atoms with Crippen LogP contribution < -0.4 is 10.1 Å². The molecule has 1 atom stereocenters. The highest BCUT2D eigenvalue weighted by molar-refractivity contribution is 5.92. The lowest BCUT2D eigenvalue weighted by Crippen LogP contribution is -2.24. The van der Waals surface area contributed by atoms with E-state index in [0.29, 0.717) is 12.2 Å². The van der Waals surface area contributed by atoms with E-state index in [0.717, 1.165) is 12.0 Å². The summed E-state index contributed by atoms with van der Waals surface area (Å²) in [6.45, 7) is 4.24. The van der Waals surface area contributed by atoms with Gasteiger partial charge in [0.1, 0.15) is 0 Å². The lowest BCUT2D eigenvalue weighted by atomic mass is 10.1. The highest BCUT2D eigenvalue weighted by Gasteiger charge is 2.15. The van der Waals surface area contributed by atoms with Crippen molar-refractivity contribution in [3.63, 3.8) is 0 Å². The van der Waals surface area contributed by atoms with E-state index in [4.69, 9.17) is 4.74 Å². The zero-order valence-electron chi connectivity index (χ0n) is 14.8. The van der Waals surface area contributed by atoms with Crippen LogP contribution >= 0.6 is 0 Å². The minimum Gasteiger partial charge on any atom is -0.487 e. The summed E-state index contributed by atoms with van der Waals surface area (Å²) in [5.41, 5.74) is 1.45. The van der Waals surface area contributed by atoms with E-state index in [1.807, 2.05) is 44.2 Å². The molecule has 0 spiro atoms. The molecular weight excluding hydrogens is 332 g/mol. The third-order valence-electron chi connectivity index (χ3n) is 3.73. The fraction of sp³-hybridized carbons (Fsp3) is 0.250. The van der Waals surface area contributed by atoms with Gasteiger partial charge in [0.25, 0.3) is 0 Å². The van der Waals surface area contributed by atoms with Gasteiger partial charge >= 0.3 is 5.69 Å². The van der Waals surface area contributed by atoms with E-state index in [9.17, 15) is 14.9 Å². The fourth-order valence-corrected chi connectivity index (χ4v) is 2.37. The Morgan fingerprint density at radius 1 is 1.27 bits per heavy atom. The molecule has 6 heteroatoms. The Balaban J connectivity index is 2.05. The predicted octanol–water partition coefficient (Wildman–Crippen LogP) is 4.27. The molecule has 2 rings (SSSR count). The average molecular weight is 354 g/mol. The van der Waals surface area contributed by atoms with Crippen LogP contribution in [0.1, 0.15) is 37.4 Å². The molecule has 2 aromatic rings. The zero-order chi connectivity index (χ0) is 18.9. The van der Waals surface area contributed by atoms with Crippen molar-refractivity contribution in [3.05, 3.63) is 75.8 Å². The molecule has 0 aliphatic rings. The molecule has 0 aromatic heterocycles. The number of rotatable bonds is 8. The number of ether oxygens (including phenoxy) is 1. The molecule has 0 saturated carbocycles. The first-order valence-electron chi connectivity index (χ1n) is 8.46. The second-order valence-electron chi connectivity index (χ2n) is 5.81. The second-order valence-corrected chi connectivity index (χ2v) is 5.81. The Kier molecular flexibility index (Phi) is 6.91. The predicted molar refractivity (Wildman–Crippen MR) is 101 cm³/mol. The Morgan fingerprint density at radius 3 is 2.65 bits per heavy atom. The lowest BCUT2D eigenvalue weighted by Gasteiger charge is -2.12. The van der Waals surface area contributed by atoms with Crippen LogP contribution in [0.3, 0.4) is 0 Å². The highest BCUT2D eigenvalue weighted by atomic mass is 16.6. The van der Waals surface area contributed by atoms with Crippen LogP contribution in [0.2, 0.25) is 0 Å². The van der Waals surface area contributed by atoms with Crippen LogP contribution in [0.5, 0.6) is 5.75 Å². The molecule has 0 bridgehead atoms. The van der Waals surface area contributed by atoms with E-state index in [1.165, 1.54) is 12.1 Å². The molecule has 136 valence electrons. The largest absolute Gasteiger partial charge is 0.487 e. The molecule has 0 aliphatic heterocycles. The fourth-order valence-electron chi connectivity index (χ4n) is 2.37. The van der Waals surface area contributed by atoms with Crippen LogP contribution in [0.25, 0.3) is 6.08 Å². The minimum absolute atomic E-state index is 0.112. The highest BCUT2D eigenvalue weighted by Crippen LogP contribution is 2.28. The van der Waals surface area contributed by atoms with E-state index < -0.39 is 4.92 Å². The Labute approximate surface area is 152 Å². The van der Waals surface area contributed by atoms with Crippen molar-refractivity contribution in [3.8, 4) is 5.75 Å². The molecule has 1 amide bonds. The number of nitro groups is 1. The van der Waals surface area contributed by atoms with E-state index >= 15 is 0 Å². The number of nitrogens with zero attached hydrogens (tertiary/aromatic N) is 1. The molecule has 0 aliphatic carbocycles. The number of benzene rings is 2. The van der Waals surface area contributed by atoms with Gasteiger partial charge in [-0.2, -0.15) is 0 Å². The van der Waals surface area contributed by atoms with E-state index in [2.05, 4.69) is 5.32 Å². The number of hydrogen-bond donors (Lipinski definition) is 1. The van der Waals surface area contributed by atoms with Crippen molar-refractivity contribution in [2.75, 3.05) is 6.61 Å². The summed E-state index contributed by atoms with van der Waals surface area (Å²) >= 11 is 0. The Hall–Kier alpha value is -3.15. The van der Waals surface area contributed by atoms with Crippen LogP contribution in [-0.2, 0) is 4.79 Å². The number of amides is 1. The van der Waals surface area contributed by atoms with Crippen molar-refractivity contribution in [1.82, 2.24) is 5.32 Å². The molecule has 2 aromatic carbocycles. The van der Waals surface area contributed by atoms with Gasteiger partial charge in [-0.1, -0.05) is 43.3 Å². The number of hydrogen-bond acceptors (Lipinski definition) is 4. The van der Waals surface area contributed by atoms with Gasteiger partial charge in [0, 0.05) is 12.1 Å². The third-order valence-corrected chi connectivity index (χ3v) is 3.73. The first-order valence-corrected chi connectivity index (χ1v) is 8.46. The van der Waals surface area contributed by atoms with Gasteiger partial charge in [-0.3, -0.25) is 14.9 Å². The van der Waals surface area contributed by atoms with Gasteiger partial charge in [0.2, 0.25) is 5.91 Å². The number of nitro benzene ring substituents is 1. The molecule has 1 N–H and O–H groups in total. The number of carbonyl (C=O) groups is 1. The maximum absolute atomic E-state index is 12.1. The summed E-state index contributed by atoms with van der Waals surface area (Å²) in [5, 5.41) is 14.1. The molecule has 0 heterocycles. The van der Waals surface area contributed by atoms with Crippen LogP contribution in [-0.4, -0.2) is 17.4 Å². The first kappa shape index (κ1) is 19.2. The standard InChI is InChI=1S/C20H22N2O4/c1-3-13-26-19-11-9-16(14-18(19)22(24)25)10-12-20(23)21-15(2)17-7-5-4-6-8-17/h4-12,14-15H,3,13H2,1-2H3,(H,21,23)/b12-10+. The molecule has 0 radical (unpaired) electrons. The van der Waals surface area contributed by atoms with Crippen LogP contribution in [0, 0.1) is 10.1 Å². The average Bonchev–Trinajstić information content (AvgIpc) is 2.65. The topological polar surface area (TPSA) is 81.5 Å². The van der Waals surface area contributed by atoms with Crippen molar-refractivity contribution < 1.29 is 14.5 Å². The third kappa shape index (κ3) is 5.44. The molecule has 0 saturated heterocycles. The quantitative estimate of drug-likeness (QED) is 0.436. The molecular formula is C20H22N2O4. The maximum atomic E-state index is 12.1. The van der Waals surface area contributed by atoms with Crippen molar-refractivity contribution in [2.45, 2.75) is 26.3 Å². The van der Waals surface area contributed by atoms with Gasteiger partial charge in [-0.25, -0.2) is 0 Å². The SMILES string of the molecule is CCCOc1ccc(/C=C/C(=O)NC(C)c2ccccc2)cc1[N+](=O)[O-]. The maximum Gasteiger partial charge on any atom is 0.311 e. The summed E-state index contributed by atoms with van der Waals surface area (Å²) in [6, 6.07) is 14.1. The smallest absolute Gasteiger partial charge is 0.311 e. The second kappa shape index (κ2) is 9.36. The molecule has 1 unspecified atom stereocenters. The summed E-state index contributed by atoms with van der Waals surface area (Å²) in [4.78, 5) is 22.8. The van der Waals surface area contributed by atoms with Gasteiger partial charge in [0.15, 0.2) is 5.75 Å². The molecule has 6 nitrogen and oxygen atoms in total. The van der Waals surface area contributed by atoms with E-state index in [-0.39, 0.29) is 23.4 Å². The zero-order valence-corrected chi connectivity index (χ0v) is 14.8. The van der Waals surface area contributed by atoms with Crippen molar-refractivity contribution >= 4 is 17.7 Å². The normalized spacial score (nSPS) is 11.9. The summed E-state index contributed by atoms with van der Waals surface area (Å²) < 4.78 is 5.38. The van der Waals surface area contributed by atoms with Crippen LogP contribution in [0.15, 0.2) is 54.6 Å². The first-order chi connectivity index (χ1) is 12.5. The Morgan fingerprint density at radius 2 is 2.00 bits per heavy atom. The Bertz CT molecular complexity index is 788. The number of carbonyl (C=O) groups excluding carboxylic acids is 1. The monoisotopic (exact) mass is 354 g/mol.